The molecule has 1 amide bonds. The van der Waals surface area contributed by atoms with Gasteiger partial charge in [0.05, 0.1) is 17.4 Å². The standard InChI is InChI=1S/C23H32N2O3S/c24-15-19-16-11-7-5-3-1-2-4-6-8-14-20(16)29-22(19)25-21(26)17-12-9-10-13-18(17)23(27)28/h17-18H,1-14H2,(H,25,26)(H,27,28)/t17-,18+/m0/s1. The summed E-state index contributed by atoms with van der Waals surface area (Å²) >= 11 is 1.54. The molecule has 0 spiro atoms. The Balaban J connectivity index is 1.79. The number of anilines is 1. The molecule has 158 valence electrons. The molecule has 0 radical (unpaired) electrons. The molecule has 0 bridgehead atoms. The van der Waals surface area contributed by atoms with E-state index in [1.165, 1.54) is 54.7 Å². The van der Waals surface area contributed by atoms with Crippen molar-refractivity contribution in [2.45, 2.75) is 89.9 Å². The minimum absolute atomic E-state index is 0.231. The lowest BCUT2D eigenvalue weighted by molar-refractivity contribution is -0.147. The highest BCUT2D eigenvalue weighted by molar-refractivity contribution is 7.16. The Bertz CT molecular complexity index is 765. The molecule has 2 atom stereocenters. The molecule has 0 aliphatic heterocycles. The molecule has 2 aliphatic carbocycles. The Labute approximate surface area is 177 Å². The zero-order valence-corrected chi connectivity index (χ0v) is 18.0. The highest BCUT2D eigenvalue weighted by Crippen LogP contribution is 2.37. The van der Waals surface area contributed by atoms with Gasteiger partial charge in [-0.25, -0.2) is 0 Å². The average Bonchev–Trinajstić information content (AvgIpc) is 3.03. The van der Waals surface area contributed by atoms with Crippen LogP contribution < -0.4 is 5.32 Å². The number of nitrogens with zero attached hydrogens (tertiary/aromatic N) is 1. The number of aryl methyl sites for hydroxylation is 1. The van der Waals surface area contributed by atoms with Crippen LogP contribution in [-0.4, -0.2) is 17.0 Å². The molecule has 2 aliphatic rings. The highest BCUT2D eigenvalue weighted by Gasteiger charge is 2.36. The molecule has 0 unspecified atom stereocenters. The van der Waals surface area contributed by atoms with Gasteiger partial charge >= 0.3 is 5.97 Å². The van der Waals surface area contributed by atoms with Gasteiger partial charge in [-0.1, -0.05) is 51.4 Å². The van der Waals surface area contributed by atoms with E-state index in [2.05, 4.69) is 11.4 Å². The number of rotatable bonds is 3. The highest BCUT2D eigenvalue weighted by atomic mass is 32.1. The molecule has 1 heterocycles. The van der Waals surface area contributed by atoms with Crippen molar-refractivity contribution in [3.05, 3.63) is 16.0 Å². The van der Waals surface area contributed by atoms with Crippen molar-refractivity contribution in [3.8, 4) is 6.07 Å². The number of amides is 1. The number of carboxylic acid groups (broad SMARTS) is 1. The van der Waals surface area contributed by atoms with Crippen molar-refractivity contribution >= 4 is 28.2 Å². The number of thiophene rings is 1. The minimum atomic E-state index is -0.886. The fourth-order valence-corrected chi connectivity index (χ4v) is 6.02. The average molecular weight is 417 g/mol. The lowest BCUT2D eigenvalue weighted by Crippen LogP contribution is -2.36. The third-order valence-corrected chi connectivity index (χ3v) is 7.65. The van der Waals surface area contributed by atoms with Crippen LogP contribution in [-0.2, 0) is 22.4 Å². The first-order valence-corrected chi connectivity index (χ1v) is 12.0. The molecule has 0 aromatic carbocycles. The van der Waals surface area contributed by atoms with Gasteiger partial charge in [0.2, 0.25) is 5.91 Å². The van der Waals surface area contributed by atoms with Crippen molar-refractivity contribution in [1.29, 1.82) is 5.26 Å². The quantitative estimate of drug-likeness (QED) is 0.664. The first-order chi connectivity index (χ1) is 14.1. The molecular weight excluding hydrogens is 384 g/mol. The SMILES string of the molecule is N#Cc1c(NC(=O)[C@H]2CCCC[C@H]2C(=O)O)sc2c1CCCCCCCCCC2. The number of fused-ring (bicyclic) bond motifs is 1. The van der Waals surface area contributed by atoms with E-state index in [4.69, 9.17) is 0 Å². The second-order valence-electron chi connectivity index (χ2n) is 8.47. The van der Waals surface area contributed by atoms with Crippen LogP contribution in [0.4, 0.5) is 5.00 Å². The van der Waals surface area contributed by atoms with Crippen molar-refractivity contribution in [2.24, 2.45) is 11.8 Å². The van der Waals surface area contributed by atoms with Crippen LogP contribution in [0, 0.1) is 23.2 Å². The van der Waals surface area contributed by atoms with Crippen molar-refractivity contribution in [1.82, 2.24) is 0 Å². The summed E-state index contributed by atoms with van der Waals surface area (Å²) in [5.74, 6) is -2.24. The van der Waals surface area contributed by atoms with Crippen LogP contribution >= 0.6 is 11.3 Å². The van der Waals surface area contributed by atoms with Crippen LogP contribution in [0.1, 0.15) is 93.1 Å². The first-order valence-electron chi connectivity index (χ1n) is 11.2. The van der Waals surface area contributed by atoms with Crippen molar-refractivity contribution < 1.29 is 14.7 Å². The zero-order chi connectivity index (χ0) is 20.6. The van der Waals surface area contributed by atoms with E-state index >= 15 is 0 Å². The fraction of sp³-hybridized carbons (Fsp3) is 0.696. The van der Waals surface area contributed by atoms with Crippen LogP contribution in [0.15, 0.2) is 0 Å². The van der Waals surface area contributed by atoms with Gasteiger partial charge in [0.25, 0.3) is 0 Å². The molecule has 3 rings (SSSR count). The summed E-state index contributed by atoms with van der Waals surface area (Å²) in [5, 5.41) is 22.9. The number of hydrogen-bond acceptors (Lipinski definition) is 4. The molecule has 0 saturated heterocycles. The monoisotopic (exact) mass is 416 g/mol. The minimum Gasteiger partial charge on any atom is -0.481 e. The van der Waals surface area contributed by atoms with Gasteiger partial charge in [0, 0.05) is 4.88 Å². The number of aliphatic carboxylic acids is 1. The summed E-state index contributed by atoms with van der Waals surface area (Å²) in [6.45, 7) is 0. The molecule has 29 heavy (non-hydrogen) atoms. The molecule has 6 heteroatoms. The van der Waals surface area contributed by atoms with E-state index in [9.17, 15) is 20.0 Å². The molecule has 1 aromatic rings. The Morgan fingerprint density at radius 1 is 0.897 bits per heavy atom. The van der Waals surface area contributed by atoms with Gasteiger partial charge in [-0.3, -0.25) is 9.59 Å². The maximum absolute atomic E-state index is 12.9. The summed E-state index contributed by atoms with van der Waals surface area (Å²) in [6, 6.07) is 2.34. The van der Waals surface area contributed by atoms with Crippen LogP contribution in [0.2, 0.25) is 0 Å². The van der Waals surface area contributed by atoms with E-state index in [1.807, 2.05) is 0 Å². The van der Waals surface area contributed by atoms with E-state index in [0.29, 0.717) is 23.4 Å². The molecule has 1 fully saturated rings. The Morgan fingerprint density at radius 2 is 1.48 bits per heavy atom. The smallest absolute Gasteiger partial charge is 0.307 e. The van der Waals surface area contributed by atoms with Gasteiger partial charge in [-0.05, 0) is 44.1 Å². The number of carboxylic acids is 1. The number of nitrogens with one attached hydrogen (secondary N) is 1. The Hall–Kier alpha value is -1.87. The predicted molar refractivity (Wildman–Crippen MR) is 115 cm³/mol. The van der Waals surface area contributed by atoms with Gasteiger partial charge in [0.15, 0.2) is 0 Å². The van der Waals surface area contributed by atoms with Gasteiger partial charge in [-0.2, -0.15) is 5.26 Å². The predicted octanol–water partition coefficient (Wildman–Crippen LogP) is 5.67. The van der Waals surface area contributed by atoms with Gasteiger partial charge in [-0.15, -0.1) is 11.3 Å². The molecule has 1 aromatic heterocycles. The summed E-state index contributed by atoms with van der Waals surface area (Å²) in [6.07, 6.45) is 14.5. The topological polar surface area (TPSA) is 90.2 Å². The van der Waals surface area contributed by atoms with Crippen LogP contribution in [0.25, 0.3) is 0 Å². The van der Waals surface area contributed by atoms with Crippen LogP contribution in [0.5, 0.6) is 0 Å². The lowest BCUT2D eigenvalue weighted by atomic mass is 9.79. The number of hydrogen-bond donors (Lipinski definition) is 2. The zero-order valence-electron chi connectivity index (χ0n) is 17.2. The number of carbonyl (C=O) groups is 2. The lowest BCUT2D eigenvalue weighted by Gasteiger charge is -2.27. The normalized spacial score (nSPS) is 23.7. The third-order valence-electron chi connectivity index (χ3n) is 6.44. The first kappa shape index (κ1) is 21.8. The summed E-state index contributed by atoms with van der Waals surface area (Å²) in [5.41, 5.74) is 1.73. The number of nitriles is 1. The fourth-order valence-electron chi connectivity index (χ4n) is 4.78. The van der Waals surface area contributed by atoms with Crippen molar-refractivity contribution in [3.63, 3.8) is 0 Å². The summed E-state index contributed by atoms with van der Waals surface area (Å²) in [4.78, 5) is 25.7. The molecule has 1 saturated carbocycles. The summed E-state index contributed by atoms with van der Waals surface area (Å²) in [7, 11) is 0. The second kappa shape index (κ2) is 10.8. The Kier molecular flexibility index (Phi) is 8.11. The molecular formula is C23H32N2O3S. The van der Waals surface area contributed by atoms with E-state index in [1.54, 1.807) is 0 Å². The van der Waals surface area contributed by atoms with Gasteiger partial charge < -0.3 is 10.4 Å². The second-order valence-corrected chi connectivity index (χ2v) is 9.58. The maximum Gasteiger partial charge on any atom is 0.307 e. The molecule has 5 nitrogen and oxygen atoms in total. The Morgan fingerprint density at radius 3 is 2.10 bits per heavy atom. The number of carbonyl (C=O) groups excluding carboxylic acids is 1. The largest absolute Gasteiger partial charge is 0.481 e. The van der Waals surface area contributed by atoms with E-state index < -0.39 is 17.8 Å². The molecule has 2 N–H and O–H groups in total. The van der Waals surface area contributed by atoms with E-state index in [-0.39, 0.29) is 5.91 Å². The third kappa shape index (κ3) is 5.60. The van der Waals surface area contributed by atoms with E-state index in [0.717, 1.165) is 44.1 Å². The van der Waals surface area contributed by atoms with Crippen molar-refractivity contribution in [2.75, 3.05) is 5.32 Å². The van der Waals surface area contributed by atoms with Gasteiger partial charge in [0.1, 0.15) is 11.1 Å². The maximum atomic E-state index is 12.9. The summed E-state index contributed by atoms with van der Waals surface area (Å²) < 4.78 is 0. The van der Waals surface area contributed by atoms with Crippen LogP contribution in [0.3, 0.4) is 0 Å².